The van der Waals surface area contributed by atoms with Crippen molar-refractivity contribution in [1.82, 2.24) is 0 Å². The second-order valence-corrected chi connectivity index (χ2v) is 6.22. The second-order valence-electron chi connectivity index (χ2n) is 6.22. The standard InChI is InChI=1S/C19H34N/c1-4-5-6-7-8-9-10-11-12-13-15-20-16-14-18(2)17-19(20)3/h14,16-17H,4-13,15H2,1-3H3/q+1. The highest BCUT2D eigenvalue weighted by Gasteiger charge is 2.04. The van der Waals surface area contributed by atoms with Crippen LogP contribution in [-0.4, -0.2) is 0 Å². The van der Waals surface area contributed by atoms with Gasteiger partial charge >= 0.3 is 0 Å². The second kappa shape index (κ2) is 10.9. The summed E-state index contributed by atoms with van der Waals surface area (Å²) in [5.74, 6) is 0. The molecule has 0 bridgehead atoms. The average molecular weight is 276 g/mol. The van der Waals surface area contributed by atoms with Gasteiger partial charge < -0.3 is 0 Å². The minimum absolute atomic E-state index is 1.18. The van der Waals surface area contributed by atoms with Gasteiger partial charge in [0, 0.05) is 25.5 Å². The fourth-order valence-electron chi connectivity index (χ4n) is 2.81. The van der Waals surface area contributed by atoms with Crippen LogP contribution in [0, 0.1) is 13.8 Å². The van der Waals surface area contributed by atoms with Gasteiger partial charge in [0.25, 0.3) is 0 Å². The van der Waals surface area contributed by atoms with E-state index in [-0.39, 0.29) is 0 Å². The van der Waals surface area contributed by atoms with Crippen molar-refractivity contribution in [3.8, 4) is 0 Å². The molecule has 0 unspecified atom stereocenters. The van der Waals surface area contributed by atoms with Crippen LogP contribution in [0.2, 0.25) is 0 Å². The van der Waals surface area contributed by atoms with Gasteiger partial charge in [-0.2, -0.15) is 0 Å². The van der Waals surface area contributed by atoms with Crippen molar-refractivity contribution >= 4 is 0 Å². The zero-order valence-corrected chi connectivity index (χ0v) is 14.0. The first-order valence-electron chi connectivity index (χ1n) is 8.70. The molecular weight excluding hydrogens is 242 g/mol. The van der Waals surface area contributed by atoms with Gasteiger partial charge in [0.1, 0.15) is 6.54 Å². The van der Waals surface area contributed by atoms with E-state index in [9.17, 15) is 0 Å². The number of aromatic nitrogens is 1. The number of aryl methyl sites for hydroxylation is 3. The molecular formula is C19H34N+. The Bertz CT molecular complexity index is 357. The van der Waals surface area contributed by atoms with Crippen LogP contribution < -0.4 is 4.57 Å². The molecule has 0 saturated heterocycles. The summed E-state index contributed by atoms with van der Waals surface area (Å²) >= 11 is 0. The summed E-state index contributed by atoms with van der Waals surface area (Å²) in [6.45, 7) is 7.84. The molecule has 0 N–H and O–H groups in total. The van der Waals surface area contributed by atoms with E-state index in [1.165, 1.54) is 82.0 Å². The Labute approximate surface area is 126 Å². The number of unbranched alkanes of at least 4 members (excludes halogenated alkanes) is 9. The predicted molar refractivity (Wildman–Crippen MR) is 88.0 cm³/mol. The van der Waals surface area contributed by atoms with Gasteiger partial charge in [-0.3, -0.25) is 0 Å². The molecule has 0 amide bonds. The fourth-order valence-corrected chi connectivity index (χ4v) is 2.81. The molecule has 1 aromatic heterocycles. The van der Waals surface area contributed by atoms with Gasteiger partial charge in [0.2, 0.25) is 0 Å². The highest BCUT2D eigenvalue weighted by atomic mass is 14.9. The lowest BCUT2D eigenvalue weighted by atomic mass is 10.1. The minimum Gasteiger partial charge on any atom is -0.203 e. The van der Waals surface area contributed by atoms with Crippen LogP contribution in [0.15, 0.2) is 18.3 Å². The Hall–Kier alpha value is -0.850. The van der Waals surface area contributed by atoms with E-state index in [4.69, 9.17) is 0 Å². The summed E-state index contributed by atoms with van der Waals surface area (Å²) in [5.41, 5.74) is 2.75. The van der Waals surface area contributed by atoms with Gasteiger partial charge in [0.05, 0.1) is 0 Å². The Kier molecular flexibility index (Phi) is 9.36. The van der Waals surface area contributed by atoms with Crippen molar-refractivity contribution < 1.29 is 4.57 Å². The molecule has 0 saturated carbocycles. The highest BCUT2D eigenvalue weighted by Crippen LogP contribution is 2.10. The van der Waals surface area contributed by atoms with Crippen LogP contribution in [-0.2, 0) is 6.54 Å². The van der Waals surface area contributed by atoms with Gasteiger partial charge in [-0.1, -0.05) is 58.3 Å². The van der Waals surface area contributed by atoms with Crippen molar-refractivity contribution in [2.45, 2.75) is 91.5 Å². The molecule has 20 heavy (non-hydrogen) atoms. The SMILES string of the molecule is CCCCCCCCCCCC[n+]1ccc(C)cc1C. The molecule has 0 atom stereocenters. The number of hydrogen-bond donors (Lipinski definition) is 0. The number of pyridine rings is 1. The highest BCUT2D eigenvalue weighted by molar-refractivity contribution is 5.08. The summed E-state index contributed by atoms with van der Waals surface area (Å²) in [7, 11) is 0. The van der Waals surface area contributed by atoms with E-state index in [0.29, 0.717) is 0 Å². The van der Waals surface area contributed by atoms with Crippen LogP contribution in [0.3, 0.4) is 0 Å². The first-order chi connectivity index (χ1) is 9.74. The van der Waals surface area contributed by atoms with Gasteiger partial charge in [-0.05, 0) is 18.9 Å². The third-order valence-electron chi connectivity index (χ3n) is 4.16. The zero-order valence-electron chi connectivity index (χ0n) is 14.0. The first-order valence-corrected chi connectivity index (χ1v) is 8.70. The Morgan fingerprint density at radius 3 is 1.90 bits per heavy atom. The van der Waals surface area contributed by atoms with Crippen LogP contribution >= 0.6 is 0 Å². The van der Waals surface area contributed by atoms with Gasteiger partial charge in [-0.25, -0.2) is 4.57 Å². The third kappa shape index (κ3) is 7.67. The van der Waals surface area contributed by atoms with E-state index in [1.807, 2.05) is 0 Å². The van der Waals surface area contributed by atoms with Crippen molar-refractivity contribution in [2.24, 2.45) is 0 Å². The molecule has 1 rings (SSSR count). The minimum atomic E-state index is 1.18. The number of rotatable bonds is 11. The topological polar surface area (TPSA) is 3.88 Å². The number of nitrogens with zero attached hydrogens (tertiary/aromatic N) is 1. The van der Waals surface area contributed by atoms with E-state index in [1.54, 1.807) is 0 Å². The van der Waals surface area contributed by atoms with E-state index >= 15 is 0 Å². The molecule has 0 aliphatic rings. The van der Waals surface area contributed by atoms with Gasteiger partial charge in [-0.15, -0.1) is 0 Å². The molecule has 0 spiro atoms. The first kappa shape index (κ1) is 17.2. The van der Waals surface area contributed by atoms with Crippen LogP contribution in [0.5, 0.6) is 0 Å². The molecule has 0 radical (unpaired) electrons. The maximum Gasteiger partial charge on any atom is 0.178 e. The molecule has 0 aromatic carbocycles. The van der Waals surface area contributed by atoms with E-state index < -0.39 is 0 Å². The largest absolute Gasteiger partial charge is 0.203 e. The van der Waals surface area contributed by atoms with Crippen molar-refractivity contribution in [2.75, 3.05) is 0 Å². The van der Waals surface area contributed by atoms with E-state index in [2.05, 4.69) is 43.7 Å². The summed E-state index contributed by atoms with van der Waals surface area (Å²) < 4.78 is 2.39. The van der Waals surface area contributed by atoms with Crippen molar-refractivity contribution in [3.63, 3.8) is 0 Å². The van der Waals surface area contributed by atoms with Crippen LogP contribution in [0.25, 0.3) is 0 Å². The maximum atomic E-state index is 2.39. The maximum absolute atomic E-state index is 2.39. The van der Waals surface area contributed by atoms with Gasteiger partial charge in [0.15, 0.2) is 11.9 Å². The summed E-state index contributed by atoms with van der Waals surface area (Å²) in [6.07, 6.45) is 16.4. The Morgan fingerprint density at radius 1 is 0.800 bits per heavy atom. The third-order valence-corrected chi connectivity index (χ3v) is 4.16. The lowest BCUT2D eigenvalue weighted by Gasteiger charge is -2.03. The zero-order chi connectivity index (χ0) is 14.6. The molecule has 1 heteroatoms. The van der Waals surface area contributed by atoms with E-state index in [0.717, 1.165) is 0 Å². The molecule has 0 aliphatic heterocycles. The Balaban J connectivity index is 1.97. The average Bonchev–Trinajstić information content (AvgIpc) is 2.43. The Morgan fingerprint density at radius 2 is 1.35 bits per heavy atom. The monoisotopic (exact) mass is 276 g/mol. The molecule has 1 nitrogen and oxygen atoms in total. The van der Waals surface area contributed by atoms with Crippen molar-refractivity contribution in [3.05, 3.63) is 29.6 Å². The molecule has 0 aliphatic carbocycles. The molecule has 1 heterocycles. The lowest BCUT2D eigenvalue weighted by molar-refractivity contribution is -0.703. The van der Waals surface area contributed by atoms with Crippen LogP contribution in [0.4, 0.5) is 0 Å². The van der Waals surface area contributed by atoms with Crippen LogP contribution in [0.1, 0.15) is 82.4 Å². The smallest absolute Gasteiger partial charge is 0.178 e. The van der Waals surface area contributed by atoms with Crippen molar-refractivity contribution in [1.29, 1.82) is 0 Å². The predicted octanol–water partition coefficient (Wildman–Crippen LogP) is 5.51. The number of hydrogen-bond acceptors (Lipinski definition) is 0. The quantitative estimate of drug-likeness (QED) is 0.370. The molecule has 1 aromatic rings. The molecule has 0 fully saturated rings. The lowest BCUT2D eigenvalue weighted by Crippen LogP contribution is -2.36. The summed E-state index contributed by atoms with van der Waals surface area (Å²) in [4.78, 5) is 0. The summed E-state index contributed by atoms with van der Waals surface area (Å²) in [6, 6.07) is 4.49. The molecule has 114 valence electrons. The normalized spacial score (nSPS) is 10.9. The fraction of sp³-hybridized carbons (Fsp3) is 0.737. The summed E-state index contributed by atoms with van der Waals surface area (Å²) in [5, 5.41) is 0.